The molecule has 0 aromatic heterocycles. The number of methoxy groups -OCH3 is 1. The molecule has 0 aromatic carbocycles. The second-order valence-electron chi connectivity index (χ2n) is 5.90. The van der Waals surface area contributed by atoms with Crippen molar-refractivity contribution in [1.29, 1.82) is 0 Å². The molecule has 4 atom stereocenters. The van der Waals surface area contributed by atoms with Crippen LogP contribution in [0.15, 0.2) is 0 Å². The molecule has 0 radical (unpaired) electrons. The number of ether oxygens (including phenoxy) is 5. The standard InChI is InChI=1S/C13H22O7/c1-12(2)17-6-7(18-12)9-10(8(14)11(15)16-5)20-13(3,4)19-9/h7-10,14H,6H2,1-5H3/t7-,8-,9+,10-/m1/s1. The summed E-state index contributed by atoms with van der Waals surface area (Å²) in [6.07, 6.45) is -3.32. The van der Waals surface area contributed by atoms with E-state index in [4.69, 9.17) is 18.9 Å². The minimum absolute atomic E-state index is 0.307. The topological polar surface area (TPSA) is 83.5 Å². The van der Waals surface area contributed by atoms with Gasteiger partial charge in [0.2, 0.25) is 0 Å². The lowest BCUT2D eigenvalue weighted by Gasteiger charge is -2.25. The number of esters is 1. The maximum absolute atomic E-state index is 11.5. The summed E-state index contributed by atoms with van der Waals surface area (Å²) in [5.41, 5.74) is 0. The molecule has 116 valence electrons. The highest BCUT2D eigenvalue weighted by Crippen LogP contribution is 2.36. The SMILES string of the molecule is COC(=O)[C@H](O)[C@H]1OC(C)(C)O[C@H]1[C@H]1COC(C)(C)O1. The van der Waals surface area contributed by atoms with Gasteiger partial charge in [0, 0.05) is 0 Å². The Morgan fingerprint density at radius 2 is 1.85 bits per heavy atom. The lowest BCUT2D eigenvalue weighted by atomic mass is 10.0. The van der Waals surface area contributed by atoms with Gasteiger partial charge in [0.25, 0.3) is 0 Å². The first kappa shape index (κ1) is 15.7. The summed E-state index contributed by atoms with van der Waals surface area (Å²) in [6.45, 7) is 7.32. The second kappa shape index (κ2) is 5.23. The van der Waals surface area contributed by atoms with Gasteiger partial charge in [-0.2, -0.15) is 0 Å². The van der Waals surface area contributed by atoms with Crippen molar-refractivity contribution in [2.75, 3.05) is 13.7 Å². The van der Waals surface area contributed by atoms with E-state index >= 15 is 0 Å². The van der Waals surface area contributed by atoms with E-state index < -0.39 is 42.0 Å². The normalized spacial score (nSPS) is 36.8. The molecule has 0 amide bonds. The van der Waals surface area contributed by atoms with E-state index in [0.29, 0.717) is 6.61 Å². The molecular formula is C13H22O7. The number of hydrogen-bond acceptors (Lipinski definition) is 7. The van der Waals surface area contributed by atoms with Crippen LogP contribution < -0.4 is 0 Å². The summed E-state index contributed by atoms with van der Waals surface area (Å²) < 4.78 is 27.1. The molecule has 2 fully saturated rings. The van der Waals surface area contributed by atoms with Gasteiger partial charge in [0.1, 0.15) is 18.3 Å². The zero-order valence-corrected chi connectivity index (χ0v) is 12.4. The Morgan fingerprint density at radius 1 is 1.20 bits per heavy atom. The summed E-state index contributed by atoms with van der Waals surface area (Å²) in [4.78, 5) is 11.5. The van der Waals surface area contributed by atoms with Crippen LogP contribution in [0.5, 0.6) is 0 Å². The van der Waals surface area contributed by atoms with Crippen molar-refractivity contribution in [1.82, 2.24) is 0 Å². The molecule has 0 aromatic rings. The molecule has 20 heavy (non-hydrogen) atoms. The van der Waals surface area contributed by atoms with E-state index in [1.54, 1.807) is 27.7 Å². The predicted molar refractivity (Wildman–Crippen MR) is 66.8 cm³/mol. The number of rotatable bonds is 3. The van der Waals surface area contributed by atoms with Gasteiger partial charge in [-0.3, -0.25) is 0 Å². The summed E-state index contributed by atoms with van der Waals surface area (Å²) in [5, 5.41) is 10.0. The molecule has 0 saturated carbocycles. The van der Waals surface area contributed by atoms with Crippen LogP contribution in [0.25, 0.3) is 0 Å². The van der Waals surface area contributed by atoms with Crippen LogP contribution in [0, 0.1) is 0 Å². The highest BCUT2D eigenvalue weighted by atomic mass is 16.8. The smallest absolute Gasteiger partial charge is 0.337 e. The third kappa shape index (κ3) is 3.12. The summed E-state index contributed by atoms with van der Waals surface area (Å²) >= 11 is 0. The summed E-state index contributed by atoms with van der Waals surface area (Å²) in [6, 6.07) is 0. The van der Waals surface area contributed by atoms with Crippen molar-refractivity contribution in [3.63, 3.8) is 0 Å². The number of carbonyl (C=O) groups excluding carboxylic acids is 1. The minimum atomic E-state index is -1.43. The highest BCUT2D eigenvalue weighted by Gasteiger charge is 2.53. The Hall–Kier alpha value is -0.730. The van der Waals surface area contributed by atoms with Crippen molar-refractivity contribution in [2.45, 2.75) is 63.7 Å². The summed E-state index contributed by atoms with van der Waals surface area (Å²) in [5.74, 6) is -2.40. The highest BCUT2D eigenvalue weighted by molar-refractivity contribution is 5.75. The molecule has 2 heterocycles. The molecule has 2 aliphatic rings. The molecule has 0 spiro atoms. The van der Waals surface area contributed by atoms with Crippen LogP contribution in [0.4, 0.5) is 0 Å². The molecular weight excluding hydrogens is 268 g/mol. The molecule has 2 rings (SSSR count). The van der Waals surface area contributed by atoms with E-state index in [1.165, 1.54) is 7.11 Å². The summed E-state index contributed by atoms with van der Waals surface area (Å²) in [7, 11) is 1.21. The zero-order valence-electron chi connectivity index (χ0n) is 12.4. The van der Waals surface area contributed by atoms with Crippen LogP contribution in [-0.2, 0) is 28.5 Å². The molecule has 0 aliphatic carbocycles. The maximum atomic E-state index is 11.5. The van der Waals surface area contributed by atoms with Crippen molar-refractivity contribution < 1.29 is 33.6 Å². The van der Waals surface area contributed by atoms with Gasteiger partial charge in [-0.25, -0.2) is 4.79 Å². The Morgan fingerprint density at radius 3 is 2.35 bits per heavy atom. The van der Waals surface area contributed by atoms with E-state index in [-0.39, 0.29) is 0 Å². The maximum Gasteiger partial charge on any atom is 0.337 e. The van der Waals surface area contributed by atoms with Crippen molar-refractivity contribution in [3.05, 3.63) is 0 Å². The monoisotopic (exact) mass is 290 g/mol. The van der Waals surface area contributed by atoms with Gasteiger partial charge in [-0.05, 0) is 27.7 Å². The van der Waals surface area contributed by atoms with Gasteiger partial charge in [0.15, 0.2) is 17.7 Å². The second-order valence-corrected chi connectivity index (χ2v) is 5.90. The van der Waals surface area contributed by atoms with Crippen LogP contribution in [-0.4, -0.2) is 60.8 Å². The molecule has 0 unspecified atom stereocenters. The van der Waals surface area contributed by atoms with Gasteiger partial charge in [-0.15, -0.1) is 0 Å². The van der Waals surface area contributed by atoms with Gasteiger partial charge < -0.3 is 28.8 Å². The first-order valence-electron chi connectivity index (χ1n) is 6.58. The third-order valence-corrected chi connectivity index (χ3v) is 3.31. The van der Waals surface area contributed by atoms with Crippen molar-refractivity contribution in [3.8, 4) is 0 Å². The molecule has 0 bridgehead atoms. The number of aliphatic hydroxyl groups is 1. The molecule has 1 N–H and O–H groups in total. The molecule has 2 aliphatic heterocycles. The van der Waals surface area contributed by atoms with Crippen LogP contribution in [0.3, 0.4) is 0 Å². The third-order valence-electron chi connectivity index (χ3n) is 3.31. The van der Waals surface area contributed by atoms with E-state index in [1.807, 2.05) is 0 Å². The van der Waals surface area contributed by atoms with Gasteiger partial charge >= 0.3 is 5.97 Å². The quantitative estimate of drug-likeness (QED) is 0.743. The van der Waals surface area contributed by atoms with Crippen molar-refractivity contribution >= 4 is 5.97 Å². The first-order chi connectivity index (χ1) is 9.15. The molecule has 7 heteroatoms. The lowest BCUT2D eigenvalue weighted by molar-refractivity contribution is -0.176. The number of hydrogen-bond donors (Lipinski definition) is 1. The van der Waals surface area contributed by atoms with Crippen LogP contribution in [0.2, 0.25) is 0 Å². The fraction of sp³-hybridized carbons (Fsp3) is 0.923. The van der Waals surface area contributed by atoms with Crippen LogP contribution >= 0.6 is 0 Å². The average Bonchev–Trinajstić information content (AvgIpc) is 2.86. The van der Waals surface area contributed by atoms with E-state index in [0.717, 1.165) is 0 Å². The number of aliphatic hydroxyl groups excluding tert-OH is 1. The Kier molecular flexibility index (Phi) is 4.10. The Balaban J connectivity index is 2.14. The fourth-order valence-electron chi connectivity index (χ4n) is 2.48. The lowest BCUT2D eigenvalue weighted by Crippen LogP contribution is -2.47. The Labute approximate surface area is 118 Å². The predicted octanol–water partition coefficient (Wildman–Crippen LogP) is 0.192. The average molecular weight is 290 g/mol. The van der Waals surface area contributed by atoms with Gasteiger partial charge in [0.05, 0.1) is 13.7 Å². The molecule has 2 saturated heterocycles. The Bertz CT molecular complexity index is 379. The molecule has 7 nitrogen and oxygen atoms in total. The minimum Gasteiger partial charge on any atom is -0.467 e. The van der Waals surface area contributed by atoms with Crippen LogP contribution in [0.1, 0.15) is 27.7 Å². The largest absolute Gasteiger partial charge is 0.467 e. The van der Waals surface area contributed by atoms with E-state index in [9.17, 15) is 9.90 Å². The first-order valence-corrected chi connectivity index (χ1v) is 6.58. The van der Waals surface area contributed by atoms with Crippen molar-refractivity contribution in [2.24, 2.45) is 0 Å². The van der Waals surface area contributed by atoms with Gasteiger partial charge in [-0.1, -0.05) is 0 Å². The number of carbonyl (C=O) groups is 1. The zero-order chi connectivity index (χ0) is 15.1. The van der Waals surface area contributed by atoms with E-state index in [2.05, 4.69) is 4.74 Å². The fourth-order valence-corrected chi connectivity index (χ4v) is 2.48.